The summed E-state index contributed by atoms with van der Waals surface area (Å²) in [6.45, 7) is 11.9. The fraction of sp³-hybridized carbons (Fsp3) is 0.889. The van der Waals surface area contributed by atoms with Gasteiger partial charge in [-0.05, 0) is 25.7 Å². The van der Waals surface area contributed by atoms with Crippen molar-refractivity contribution in [2.45, 2.75) is 65.1 Å². The van der Waals surface area contributed by atoms with Gasteiger partial charge in [-0.25, -0.2) is 0 Å². The number of ether oxygens (including phenoxy) is 1. The van der Waals surface area contributed by atoms with E-state index in [1.807, 2.05) is 11.8 Å². The SMILES string of the molecule is CC[C@H](C)[C@H](NC(C)=O)C(=O)N1CCN(C2CCOCC2)C[C@H]1C. The molecule has 2 aliphatic heterocycles. The van der Waals surface area contributed by atoms with Crippen LogP contribution >= 0.6 is 0 Å². The molecule has 2 aliphatic rings. The Morgan fingerprint density at radius 3 is 2.46 bits per heavy atom. The number of hydrogen-bond donors (Lipinski definition) is 1. The summed E-state index contributed by atoms with van der Waals surface area (Å²) in [5.41, 5.74) is 0. The summed E-state index contributed by atoms with van der Waals surface area (Å²) in [5.74, 6) is 0.0722. The van der Waals surface area contributed by atoms with E-state index in [0.29, 0.717) is 6.04 Å². The third-order valence-corrected chi connectivity index (χ3v) is 5.49. The number of hydrogen-bond acceptors (Lipinski definition) is 4. The summed E-state index contributed by atoms with van der Waals surface area (Å²) in [5, 5.41) is 2.86. The molecule has 6 nitrogen and oxygen atoms in total. The first-order chi connectivity index (χ1) is 11.4. The third kappa shape index (κ3) is 4.70. The first-order valence-electron chi connectivity index (χ1n) is 9.33. The number of nitrogens with one attached hydrogen (secondary N) is 1. The van der Waals surface area contributed by atoms with Crippen molar-refractivity contribution in [2.24, 2.45) is 5.92 Å². The third-order valence-electron chi connectivity index (χ3n) is 5.49. The zero-order valence-electron chi connectivity index (χ0n) is 15.6. The number of carbonyl (C=O) groups excluding carboxylic acids is 2. The van der Waals surface area contributed by atoms with E-state index in [9.17, 15) is 9.59 Å². The fourth-order valence-electron chi connectivity index (χ4n) is 3.78. The van der Waals surface area contributed by atoms with Gasteiger partial charge in [-0.15, -0.1) is 0 Å². The Morgan fingerprint density at radius 1 is 1.25 bits per heavy atom. The second kappa shape index (κ2) is 8.81. The highest BCUT2D eigenvalue weighted by atomic mass is 16.5. The number of amides is 2. The Labute approximate surface area is 145 Å². The van der Waals surface area contributed by atoms with Crippen LogP contribution in [0, 0.1) is 5.92 Å². The summed E-state index contributed by atoms with van der Waals surface area (Å²) in [6, 6.07) is 0.346. The van der Waals surface area contributed by atoms with Crippen molar-refractivity contribution in [1.29, 1.82) is 0 Å². The predicted octanol–water partition coefficient (Wildman–Crippen LogP) is 1.25. The van der Waals surface area contributed by atoms with Crippen LogP contribution in [0.3, 0.4) is 0 Å². The molecule has 2 fully saturated rings. The molecule has 0 aromatic rings. The molecule has 0 aromatic heterocycles. The highest BCUT2D eigenvalue weighted by Gasteiger charge is 2.36. The normalized spacial score (nSPS) is 26.0. The average molecular weight is 339 g/mol. The largest absolute Gasteiger partial charge is 0.381 e. The molecule has 0 aliphatic carbocycles. The molecular weight excluding hydrogens is 306 g/mol. The lowest BCUT2D eigenvalue weighted by atomic mass is 9.96. The smallest absolute Gasteiger partial charge is 0.245 e. The molecule has 2 saturated heterocycles. The molecule has 0 spiro atoms. The van der Waals surface area contributed by atoms with Crippen molar-refractivity contribution >= 4 is 11.8 Å². The fourth-order valence-corrected chi connectivity index (χ4v) is 3.78. The summed E-state index contributed by atoms with van der Waals surface area (Å²) >= 11 is 0. The van der Waals surface area contributed by atoms with Crippen LogP contribution in [-0.2, 0) is 14.3 Å². The van der Waals surface area contributed by atoms with Crippen LogP contribution in [0.25, 0.3) is 0 Å². The molecule has 2 rings (SSSR count). The lowest BCUT2D eigenvalue weighted by Crippen LogP contribution is -2.61. The Bertz CT molecular complexity index is 437. The molecule has 6 heteroatoms. The van der Waals surface area contributed by atoms with Crippen molar-refractivity contribution in [3.05, 3.63) is 0 Å². The van der Waals surface area contributed by atoms with Gasteiger partial charge in [-0.2, -0.15) is 0 Å². The van der Waals surface area contributed by atoms with Gasteiger partial charge < -0.3 is 15.0 Å². The molecule has 1 N–H and O–H groups in total. The van der Waals surface area contributed by atoms with E-state index in [1.54, 1.807) is 0 Å². The Morgan fingerprint density at radius 2 is 1.92 bits per heavy atom. The standard InChI is InChI=1S/C18H33N3O3/c1-5-13(2)17(19-15(4)22)18(23)21-9-8-20(12-14(21)3)16-6-10-24-11-7-16/h13-14,16-17H,5-12H2,1-4H3,(H,19,22)/t13-,14+,17-/m0/s1. The highest BCUT2D eigenvalue weighted by molar-refractivity contribution is 5.87. The molecule has 0 aromatic carbocycles. The maximum Gasteiger partial charge on any atom is 0.245 e. The van der Waals surface area contributed by atoms with Crippen LogP contribution in [0.5, 0.6) is 0 Å². The lowest BCUT2D eigenvalue weighted by Gasteiger charge is -2.45. The van der Waals surface area contributed by atoms with Crippen LogP contribution < -0.4 is 5.32 Å². The van der Waals surface area contributed by atoms with E-state index in [2.05, 4.69) is 24.1 Å². The molecule has 2 amide bonds. The van der Waals surface area contributed by atoms with Crippen LogP contribution in [-0.4, -0.2) is 72.6 Å². The summed E-state index contributed by atoms with van der Waals surface area (Å²) in [4.78, 5) is 29.0. The second-order valence-electron chi connectivity index (χ2n) is 7.28. The van der Waals surface area contributed by atoms with E-state index in [-0.39, 0.29) is 23.8 Å². The van der Waals surface area contributed by atoms with Crippen LogP contribution in [0.15, 0.2) is 0 Å². The molecule has 0 bridgehead atoms. The van der Waals surface area contributed by atoms with Gasteiger partial charge in [0.15, 0.2) is 0 Å². The molecule has 2 heterocycles. The van der Waals surface area contributed by atoms with Gasteiger partial charge in [-0.1, -0.05) is 20.3 Å². The lowest BCUT2D eigenvalue weighted by molar-refractivity contribution is -0.142. The number of nitrogens with zero attached hydrogens (tertiary/aromatic N) is 2. The van der Waals surface area contributed by atoms with Gasteiger partial charge in [0.1, 0.15) is 6.04 Å². The Kier molecular flexibility index (Phi) is 7.04. The highest BCUT2D eigenvalue weighted by Crippen LogP contribution is 2.21. The molecule has 0 unspecified atom stereocenters. The van der Waals surface area contributed by atoms with E-state index in [1.165, 1.54) is 6.92 Å². The van der Waals surface area contributed by atoms with Gasteiger partial charge in [0.05, 0.1) is 0 Å². The molecule has 138 valence electrons. The van der Waals surface area contributed by atoms with E-state index in [0.717, 1.165) is 52.1 Å². The average Bonchev–Trinajstić information content (AvgIpc) is 2.59. The minimum atomic E-state index is -0.412. The van der Waals surface area contributed by atoms with E-state index < -0.39 is 6.04 Å². The Balaban J connectivity index is 1.98. The monoisotopic (exact) mass is 339 g/mol. The summed E-state index contributed by atoms with van der Waals surface area (Å²) in [6.07, 6.45) is 3.04. The summed E-state index contributed by atoms with van der Waals surface area (Å²) in [7, 11) is 0. The van der Waals surface area contributed by atoms with Crippen molar-refractivity contribution in [3.8, 4) is 0 Å². The second-order valence-corrected chi connectivity index (χ2v) is 7.28. The van der Waals surface area contributed by atoms with Crippen molar-refractivity contribution in [1.82, 2.24) is 15.1 Å². The molecule has 24 heavy (non-hydrogen) atoms. The van der Waals surface area contributed by atoms with Gasteiger partial charge >= 0.3 is 0 Å². The van der Waals surface area contributed by atoms with E-state index in [4.69, 9.17) is 4.74 Å². The van der Waals surface area contributed by atoms with Gasteiger partial charge in [-0.3, -0.25) is 14.5 Å². The van der Waals surface area contributed by atoms with Crippen molar-refractivity contribution in [2.75, 3.05) is 32.8 Å². The maximum absolute atomic E-state index is 13.0. The topological polar surface area (TPSA) is 61.9 Å². The quantitative estimate of drug-likeness (QED) is 0.819. The molecule has 3 atom stereocenters. The maximum atomic E-state index is 13.0. The molecular formula is C18H33N3O3. The number of rotatable bonds is 5. The first kappa shape index (κ1) is 19.2. The van der Waals surface area contributed by atoms with Crippen molar-refractivity contribution < 1.29 is 14.3 Å². The minimum absolute atomic E-state index is 0.0682. The van der Waals surface area contributed by atoms with Crippen molar-refractivity contribution in [3.63, 3.8) is 0 Å². The zero-order chi connectivity index (χ0) is 17.7. The zero-order valence-corrected chi connectivity index (χ0v) is 15.6. The van der Waals surface area contributed by atoms with Crippen LogP contribution in [0.1, 0.15) is 47.0 Å². The van der Waals surface area contributed by atoms with Crippen LogP contribution in [0.2, 0.25) is 0 Å². The number of piperazine rings is 1. The van der Waals surface area contributed by atoms with E-state index >= 15 is 0 Å². The van der Waals surface area contributed by atoms with Gasteiger partial charge in [0, 0.05) is 51.9 Å². The summed E-state index contributed by atoms with van der Waals surface area (Å²) < 4.78 is 5.45. The predicted molar refractivity (Wildman–Crippen MR) is 93.6 cm³/mol. The van der Waals surface area contributed by atoms with Gasteiger partial charge in [0.2, 0.25) is 11.8 Å². The number of carbonyl (C=O) groups is 2. The van der Waals surface area contributed by atoms with Gasteiger partial charge in [0.25, 0.3) is 0 Å². The van der Waals surface area contributed by atoms with Crippen LogP contribution in [0.4, 0.5) is 0 Å². The molecule has 0 saturated carbocycles. The minimum Gasteiger partial charge on any atom is -0.381 e. The first-order valence-corrected chi connectivity index (χ1v) is 9.33. The Hall–Kier alpha value is -1.14. The molecule has 0 radical (unpaired) electrons.